The predicted octanol–water partition coefficient (Wildman–Crippen LogP) is 0.720. The predicted molar refractivity (Wildman–Crippen MR) is 77.3 cm³/mol. The van der Waals surface area contributed by atoms with Crippen molar-refractivity contribution in [3.63, 3.8) is 0 Å². The lowest BCUT2D eigenvalue weighted by Gasteiger charge is -2.36. The van der Waals surface area contributed by atoms with E-state index in [1.54, 1.807) is 0 Å². The Morgan fingerprint density at radius 2 is 2.00 bits per heavy atom. The fraction of sp³-hybridized carbons (Fsp3) is 0.929. The van der Waals surface area contributed by atoms with Gasteiger partial charge in [0, 0.05) is 13.1 Å². The molecule has 0 radical (unpaired) electrons. The minimum atomic E-state index is -0.126. The Bertz CT molecular complexity index is 323. The Balaban J connectivity index is 1.95. The van der Waals surface area contributed by atoms with Crippen molar-refractivity contribution in [2.24, 2.45) is 5.92 Å². The maximum absolute atomic E-state index is 12.2. The summed E-state index contributed by atoms with van der Waals surface area (Å²) in [5.41, 5.74) is -0.126. The third-order valence-electron chi connectivity index (χ3n) is 4.61. The summed E-state index contributed by atoms with van der Waals surface area (Å²) in [5, 5.41) is 6.37. The molecule has 0 aromatic rings. The van der Waals surface area contributed by atoms with Gasteiger partial charge in [-0.3, -0.25) is 0 Å². The quantitative estimate of drug-likeness (QED) is 0.790. The number of urea groups is 1. The van der Waals surface area contributed by atoms with Crippen molar-refractivity contribution in [2.75, 3.05) is 40.3 Å². The number of likely N-dealkylation sites (tertiary alicyclic amines) is 1. The van der Waals surface area contributed by atoms with E-state index in [4.69, 9.17) is 0 Å². The van der Waals surface area contributed by atoms with E-state index in [2.05, 4.69) is 36.4 Å². The van der Waals surface area contributed by atoms with Crippen LogP contribution in [0.5, 0.6) is 0 Å². The average molecular weight is 268 g/mol. The lowest BCUT2D eigenvalue weighted by molar-refractivity contribution is 0.149. The number of likely N-dealkylation sites (N-methyl/N-ethyl adjacent to an activating group) is 1. The average Bonchev–Trinajstić information content (AvgIpc) is 2.73. The van der Waals surface area contributed by atoms with Gasteiger partial charge in [0.25, 0.3) is 0 Å². The third-order valence-corrected chi connectivity index (χ3v) is 4.61. The number of carbonyl (C=O) groups is 1. The largest absolute Gasteiger partial charge is 0.333 e. The van der Waals surface area contributed by atoms with Gasteiger partial charge in [0.15, 0.2) is 0 Å². The van der Waals surface area contributed by atoms with Gasteiger partial charge in [0.1, 0.15) is 0 Å². The summed E-state index contributed by atoms with van der Waals surface area (Å²) in [6, 6.07) is 0.432. The van der Waals surface area contributed by atoms with Gasteiger partial charge in [-0.25, -0.2) is 4.79 Å². The maximum Gasteiger partial charge on any atom is 0.318 e. The molecule has 2 rings (SSSR count). The highest BCUT2D eigenvalue weighted by Crippen LogP contribution is 2.26. The Morgan fingerprint density at radius 1 is 1.37 bits per heavy atom. The minimum absolute atomic E-state index is 0.101. The molecule has 0 spiro atoms. The molecule has 2 saturated heterocycles. The normalized spacial score (nSPS) is 26.8. The van der Waals surface area contributed by atoms with E-state index < -0.39 is 0 Å². The van der Waals surface area contributed by atoms with E-state index in [0.717, 1.165) is 26.2 Å². The number of hydrogen-bond donors (Lipinski definition) is 2. The van der Waals surface area contributed by atoms with Crippen molar-refractivity contribution in [1.82, 2.24) is 20.4 Å². The first kappa shape index (κ1) is 14.6. The molecule has 0 aliphatic carbocycles. The highest BCUT2D eigenvalue weighted by Gasteiger charge is 2.41. The molecule has 1 unspecified atom stereocenters. The van der Waals surface area contributed by atoms with Crippen LogP contribution in [0, 0.1) is 5.92 Å². The zero-order valence-electron chi connectivity index (χ0n) is 12.7. The topological polar surface area (TPSA) is 47.6 Å². The standard InChI is InChI=1S/C14H28N4O/c1-14(2,10-15-3)18-9-12(16-13(18)19)11-5-7-17(4)8-6-11/h11-12,15H,5-10H2,1-4H3,(H,16,19). The zero-order valence-corrected chi connectivity index (χ0v) is 12.7. The van der Waals surface area contributed by atoms with Crippen molar-refractivity contribution >= 4 is 6.03 Å². The summed E-state index contributed by atoms with van der Waals surface area (Å²) in [7, 11) is 4.11. The van der Waals surface area contributed by atoms with Crippen molar-refractivity contribution < 1.29 is 4.79 Å². The minimum Gasteiger partial charge on any atom is -0.333 e. The molecule has 0 aromatic heterocycles. The molecule has 1 atom stereocenters. The van der Waals surface area contributed by atoms with Gasteiger partial charge < -0.3 is 20.4 Å². The second kappa shape index (κ2) is 5.67. The molecular weight excluding hydrogens is 240 g/mol. The van der Waals surface area contributed by atoms with Crippen LogP contribution in [0.4, 0.5) is 4.79 Å². The Labute approximate surface area is 116 Å². The second-order valence-electron chi connectivity index (χ2n) is 6.65. The smallest absolute Gasteiger partial charge is 0.318 e. The maximum atomic E-state index is 12.2. The van der Waals surface area contributed by atoms with Crippen LogP contribution >= 0.6 is 0 Å². The first-order valence-corrected chi connectivity index (χ1v) is 7.35. The van der Waals surface area contributed by atoms with Crippen LogP contribution in [0.2, 0.25) is 0 Å². The number of nitrogens with one attached hydrogen (secondary N) is 2. The van der Waals surface area contributed by atoms with Gasteiger partial charge in [-0.15, -0.1) is 0 Å². The molecule has 0 aromatic carbocycles. The fourth-order valence-electron chi connectivity index (χ4n) is 3.31. The lowest BCUT2D eigenvalue weighted by atomic mass is 9.89. The van der Waals surface area contributed by atoms with E-state index in [-0.39, 0.29) is 11.6 Å². The van der Waals surface area contributed by atoms with Crippen molar-refractivity contribution in [3.8, 4) is 0 Å². The van der Waals surface area contributed by atoms with E-state index in [9.17, 15) is 4.79 Å². The van der Waals surface area contributed by atoms with Gasteiger partial charge in [-0.05, 0) is 59.8 Å². The van der Waals surface area contributed by atoms with Crippen molar-refractivity contribution in [1.29, 1.82) is 0 Å². The molecule has 5 heteroatoms. The summed E-state index contributed by atoms with van der Waals surface area (Å²) >= 11 is 0. The molecular formula is C14H28N4O. The molecule has 0 bridgehead atoms. The number of amides is 2. The van der Waals surface area contributed by atoms with Crippen LogP contribution < -0.4 is 10.6 Å². The molecule has 2 amide bonds. The lowest BCUT2D eigenvalue weighted by Crippen LogP contribution is -2.51. The van der Waals surface area contributed by atoms with E-state index in [1.165, 1.54) is 12.8 Å². The molecule has 0 saturated carbocycles. The third kappa shape index (κ3) is 3.20. The zero-order chi connectivity index (χ0) is 14.0. The molecule has 2 fully saturated rings. The van der Waals surface area contributed by atoms with Crippen LogP contribution in [0.1, 0.15) is 26.7 Å². The van der Waals surface area contributed by atoms with Crippen LogP contribution in [0.15, 0.2) is 0 Å². The Morgan fingerprint density at radius 3 is 2.58 bits per heavy atom. The number of nitrogens with zero attached hydrogens (tertiary/aromatic N) is 2. The Kier molecular flexibility index (Phi) is 4.36. The molecule has 110 valence electrons. The molecule has 2 aliphatic heterocycles. The highest BCUT2D eigenvalue weighted by atomic mass is 16.2. The fourth-order valence-corrected chi connectivity index (χ4v) is 3.31. The van der Waals surface area contributed by atoms with Crippen LogP contribution in [-0.4, -0.2) is 67.7 Å². The van der Waals surface area contributed by atoms with Gasteiger partial charge in [0.2, 0.25) is 0 Å². The highest BCUT2D eigenvalue weighted by molar-refractivity contribution is 5.77. The second-order valence-corrected chi connectivity index (χ2v) is 6.65. The van der Waals surface area contributed by atoms with Crippen LogP contribution in [0.3, 0.4) is 0 Å². The summed E-state index contributed by atoms with van der Waals surface area (Å²) in [4.78, 5) is 16.6. The van der Waals surface area contributed by atoms with E-state index >= 15 is 0 Å². The summed E-state index contributed by atoms with van der Waals surface area (Å²) in [5.74, 6) is 0.635. The molecule has 2 N–H and O–H groups in total. The SMILES string of the molecule is CNCC(C)(C)N1CC(C2CCN(C)CC2)NC1=O. The van der Waals surface area contributed by atoms with Crippen molar-refractivity contribution in [2.45, 2.75) is 38.3 Å². The van der Waals surface area contributed by atoms with Gasteiger partial charge in [-0.1, -0.05) is 0 Å². The van der Waals surface area contributed by atoms with Gasteiger partial charge in [0.05, 0.1) is 11.6 Å². The number of carbonyl (C=O) groups excluding carboxylic acids is 1. The van der Waals surface area contributed by atoms with Crippen molar-refractivity contribution in [3.05, 3.63) is 0 Å². The molecule has 2 heterocycles. The summed E-state index contributed by atoms with van der Waals surface area (Å²) in [6.45, 7) is 8.22. The van der Waals surface area contributed by atoms with Gasteiger partial charge in [-0.2, -0.15) is 0 Å². The summed E-state index contributed by atoms with van der Waals surface area (Å²) < 4.78 is 0. The molecule has 2 aliphatic rings. The number of hydrogen-bond acceptors (Lipinski definition) is 3. The molecule has 19 heavy (non-hydrogen) atoms. The first-order chi connectivity index (χ1) is 8.94. The van der Waals surface area contributed by atoms with E-state index in [0.29, 0.717) is 12.0 Å². The first-order valence-electron chi connectivity index (χ1n) is 7.35. The van der Waals surface area contributed by atoms with E-state index in [1.807, 2.05) is 11.9 Å². The number of piperidine rings is 1. The molecule has 5 nitrogen and oxygen atoms in total. The monoisotopic (exact) mass is 268 g/mol. The number of rotatable bonds is 4. The van der Waals surface area contributed by atoms with Crippen LogP contribution in [-0.2, 0) is 0 Å². The summed E-state index contributed by atoms with van der Waals surface area (Å²) in [6.07, 6.45) is 2.39. The van der Waals surface area contributed by atoms with Crippen LogP contribution in [0.25, 0.3) is 0 Å². The Hall–Kier alpha value is -0.810. The van der Waals surface area contributed by atoms with Gasteiger partial charge >= 0.3 is 6.03 Å².